The monoisotopic (exact) mass is 845 g/mol. The zero-order valence-corrected chi connectivity index (χ0v) is 37.9. The van der Waals surface area contributed by atoms with E-state index in [-0.39, 0.29) is 50.1 Å². The van der Waals surface area contributed by atoms with Gasteiger partial charge in [-0.05, 0) is 32.1 Å². The molecule has 0 aromatic rings. The fourth-order valence-electron chi connectivity index (χ4n) is 6.94. The first kappa shape index (κ1) is 54.1. The minimum Gasteiger partial charge on any atom is -0.462 e. The van der Waals surface area contributed by atoms with Gasteiger partial charge in [0.2, 0.25) is 0 Å². The number of aliphatic hydroxyl groups excluding tert-OH is 2. The maximum absolute atomic E-state index is 12.7. The van der Waals surface area contributed by atoms with Crippen molar-refractivity contribution in [1.82, 2.24) is 0 Å². The Morgan fingerprint density at radius 2 is 1.36 bits per heavy atom. The number of phosphoric acid groups is 1. The number of phosphoric ester groups is 1. The molecule has 0 saturated heterocycles. The summed E-state index contributed by atoms with van der Waals surface area (Å²) < 4.78 is 34.2. The number of carbonyl (C=O) groups excluding carboxylic acids is 3. The zero-order chi connectivity index (χ0) is 43.1. The van der Waals surface area contributed by atoms with Crippen LogP contribution in [0, 0.1) is 11.8 Å². The SMILES string of the molecule is CCCCCCCCCCCCCCCCC(=O)O[C@H](COC(=O)CCC/C=C\C[C@H]1C(=O)C[C@@H](O)[C@@H]1/C=C/[C@@H](O)CCCCC)COP(=O)(O)OCC[N+](C)(C)C. The van der Waals surface area contributed by atoms with Gasteiger partial charge in [-0.25, -0.2) is 4.57 Å². The van der Waals surface area contributed by atoms with E-state index in [0.717, 1.165) is 38.5 Å². The van der Waals surface area contributed by atoms with E-state index in [1.54, 1.807) is 12.2 Å². The number of ketones is 1. The third kappa shape index (κ3) is 29.3. The standard InChI is InChI=1S/C45H82NO11P/c1-6-8-10-11-12-13-14-15-16-17-18-19-20-26-30-45(51)57-39(37-56-58(52,53)55-34-33-46(3,4)5)36-54-44(50)29-25-22-21-24-28-40-41(43(49)35-42(40)48)32-31-38(47)27-23-9-7-2/h21,24,31-32,38-41,43,47,49H,6-20,22-23,25-30,33-37H2,1-5H3/p+1/b24-21-,32-31+/t38-,39+,40+,41+,43+/m0/s1. The zero-order valence-electron chi connectivity index (χ0n) is 37.0. The lowest BCUT2D eigenvalue weighted by Crippen LogP contribution is -2.37. The van der Waals surface area contributed by atoms with Gasteiger partial charge in [0.1, 0.15) is 25.5 Å². The Kier molecular flexibility index (Phi) is 30.6. The van der Waals surface area contributed by atoms with Gasteiger partial charge in [-0.15, -0.1) is 0 Å². The van der Waals surface area contributed by atoms with Gasteiger partial charge in [0.05, 0.1) is 40.0 Å². The van der Waals surface area contributed by atoms with Gasteiger partial charge in [0.15, 0.2) is 6.10 Å². The summed E-state index contributed by atoms with van der Waals surface area (Å²) in [7, 11) is 1.33. The van der Waals surface area contributed by atoms with Gasteiger partial charge < -0.3 is 29.1 Å². The lowest BCUT2D eigenvalue weighted by molar-refractivity contribution is -0.870. The maximum atomic E-state index is 12.7. The normalized spacial score (nSPS) is 19.5. The molecule has 1 rings (SSSR count). The highest BCUT2D eigenvalue weighted by molar-refractivity contribution is 7.47. The fraction of sp³-hybridized carbons (Fsp3) is 0.844. The highest BCUT2D eigenvalue weighted by Gasteiger charge is 2.39. The Morgan fingerprint density at radius 1 is 0.793 bits per heavy atom. The Bertz CT molecular complexity index is 1200. The number of allylic oxidation sites excluding steroid dienone is 2. The Labute approximate surface area is 351 Å². The summed E-state index contributed by atoms with van der Waals surface area (Å²) in [4.78, 5) is 48.1. The predicted molar refractivity (Wildman–Crippen MR) is 230 cm³/mol. The minimum absolute atomic E-state index is 0.00273. The minimum atomic E-state index is -4.44. The second-order valence-corrected chi connectivity index (χ2v) is 18.7. The number of quaternary nitrogens is 1. The largest absolute Gasteiger partial charge is 0.472 e. The van der Waals surface area contributed by atoms with Crippen LogP contribution in [0.1, 0.15) is 168 Å². The molecule has 1 unspecified atom stereocenters. The average molecular weight is 845 g/mol. The number of unbranched alkanes of at least 4 members (excludes halogenated alkanes) is 16. The number of hydrogen-bond donors (Lipinski definition) is 3. The van der Waals surface area contributed by atoms with Gasteiger partial charge in [-0.3, -0.25) is 23.4 Å². The molecule has 0 bridgehead atoms. The summed E-state index contributed by atoms with van der Waals surface area (Å²) in [6.07, 6.45) is 27.3. The average Bonchev–Trinajstić information content (AvgIpc) is 3.43. The molecule has 1 aliphatic rings. The predicted octanol–water partition coefficient (Wildman–Crippen LogP) is 9.33. The molecule has 0 aromatic carbocycles. The van der Waals surface area contributed by atoms with Crippen molar-refractivity contribution in [1.29, 1.82) is 0 Å². The van der Waals surface area contributed by atoms with Crippen LogP contribution in [0.5, 0.6) is 0 Å². The molecule has 0 radical (unpaired) electrons. The van der Waals surface area contributed by atoms with Crippen molar-refractivity contribution >= 4 is 25.5 Å². The third-order valence-corrected chi connectivity index (χ3v) is 11.6. The second kappa shape index (κ2) is 32.8. The van der Waals surface area contributed by atoms with Crippen LogP contribution in [-0.2, 0) is 37.5 Å². The number of Topliss-reactive ketones (excluding diaryl/α,β-unsaturated/α-hetero) is 1. The first-order valence-electron chi connectivity index (χ1n) is 22.7. The number of carbonyl (C=O) groups is 3. The lowest BCUT2D eigenvalue weighted by Gasteiger charge is -2.24. The number of rotatable bonds is 37. The van der Waals surface area contributed by atoms with Crippen molar-refractivity contribution in [2.24, 2.45) is 11.8 Å². The topological polar surface area (TPSA) is 166 Å². The van der Waals surface area contributed by atoms with Crippen molar-refractivity contribution in [3.63, 3.8) is 0 Å². The molecule has 1 fully saturated rings. The molecule has 13 heteroatoms. The number of nitrogens with zero attached hydrogens (tertiary/aromatic N) is 1. The number of hydrogen-bond acceptors (Lipinski definition) is 10. The van der Waals surface area contributed by atoms with E-state index in [2.05, 4.69) is 13.8 Å². The van der Waals surface area contributed by atoms with E-state index in [1.165, 1.54) is 64.2 Å². The van der Waals surface area contributed by atoms with E-state index < -0.39 is 44.7 Å². The summed E-state index contributed by atoms with van der Waals surface area (Å²) in [5.74, 6) is -1.69. The Morgan fingerprint density at radius 3 is 1.97 bits per heavy atom. The van der Waals surface area contributed by atoms with Gasteiger partial charge in [0.25, 0.3) is 0 Å². The lowest BCUT2D eigenvalue weighted by atomic mass is 9.90. The van der Waals surface area contributed by atoms with E-state index in [0.29, 0.717) is 43.1 Å². The quantitative estimate of drug-likeness (QED) is 0.0179. The molecule has 6 atom stereocenters. The molecule has 338 valence electrons. The molecule has 0 aliphatic heterocycles. The summed E-state index contributed by atoms with van der Waals surface area (Å²) in [6, 6.07) is 0. The van der Waals surface area contributed by atoms with Gasteiger partial charge in [0, 0.05) is 31.1 Å². The highest BCUT2D eigenvalue weighted by atomic mass is 31.2. The molecule has 0 aromatic heterocycles. The van der Waals surface area contributed by atoms with Crippen LogP contribution in [0.25, 0.3) is 0 Å². The van der Waals surface area contributed by atoms with Gasteiger partial charge in [-0.1, -0.05) is 141 Å². The van der Waals surface area contributed by atoms with Crippen LogP contribution in [-0.4, -0.2) is 103 Å². The van der Waals surface area contributed by atoms with Crippen molar-refractivity contribution in [2.45, 2.75) is 186 Å². The molecule has 3 N–H and O–H groups in total. The van der Waals surface area contributed by atoms with Crippen LogP contribution in [0.3, 0.4) is 0 Å². The molecular weight excluding hydrogens is 761 g/mol. The van der Waals surface area contributed by atoms with E-state index in [9.17, 15) is 34.1 Å². The van der Waals surface area contributed by atoms with Crippen LogP contribution >= 0.6 is 7.82 Å². The summed E-state index contributed by atoms with van der Waals surface area (Å²) in [5.41, 5.74) is 0. The van der Waals surface area contributed by atoms with Crippen LogP contribution in [0.4, 0.5) is 0 Å². The molecule has 58 heavy (non-hydrogen) atoms. The smallest absolute Gasteiger partial charge is 0.462 e. The first-order valence-corrected chi connectivity index (χ1v) is 24.2. The summed E-state index contributed by atoms with van der Waals surface area (Å²) in [5, 5.41) is 20.7. The van der Waals surface area contributed by atoms with Crippen LogP contribution in [0.2, 0.25) is 0 Å². The van der Waals surface area contributed by atoms with Crippen LogP contribution in [0.15, 0.2) is 24.3 Å². The molecule has 0 amide bonds. The fourth-order valence-corrected chi connectivity index (χ4v) is 7.68. The molecular formula is C45H83NO11P+. The van der Waals surface area contributed by atoms with Crippen LogP contribution < -0.4 is 0 Å². The summed E-state index contributed by atoms with van der Waals surface area (Å²) >= 11 is 0. The highest BCUT2D eigenvalue weighted by Crippen LogP contribution is 2.43. The van der Waals surface area contributed by atoms with Crippen molar-refractivity contribution in [3.8, 4) is 0 Å². The first-order chi connectivity index (χ1) is 27.7. The van der Waals surface area contributed by atoms with Gasteiger partial charge in [-0.2, -0.15) is 0 Å². The number of esters is 2. The molecule has 0 spiro atoms. The Balaban J connectivity index is 2.50. The number of likely N-dealkylation sites (N-methyl/N-ethyl adjacent to an activating group) is 1. The third-order valence-electron chi connectivity index (χ3n) is 10.6. The number of aliphatic hydroxyl groups is 2. The van der Waals surface area contributed by atoms with Crippen molar-refractivity contribution < 1.29 is 57.1 Å². The number of ether oxygens (including phenoxy) is 2. The van der Waals surface area contributed by atoms with E-state index in [1.807, 2.05) is 33.3 Å². The van der Waals surface area contributed by atoms with Crippen molar-refractivity contribution in [3.05, 3.63) is 24.3 Å². The molecule has 0 heterocycles. The molecule has 1 saturated carbocycles. The Hall–Kier alpha value is -1.92. The maximum Gasteiger partial charge on any atom is 0.472 e. The second-order valence-electron chi connectivity index (χ2n) is 17.2. The van der Waals surface area contributed by atoms with Crippen molar-refractivity contribution in [2.75, 3.05) is 47.5 Å². The molecule has 1 aliphatic carbocycles. The molecule has 12 nitrogen and oxygen atoms in total. The van der Waals surface area contributed by atoms with E-state index in [4.69, 9.17) is 18.5 Å². The van der Waals surface area contributed by atoms with Gasteiger partial charge >= 0.3 is 19.8 Å². The van der Waals surface area contributed by atoms with E-state index >= 15 is 0 Å². The summed E-state index contributed by atoms with van der Waals surface area (Å²) in [6.45, 7) is 4.02.